The van der Waals surface area contributed by atoms with E-state index >= 15 is 0 Å². The Morgan fingerprint density at radius 2 is 1.33 bits per heavy atom. The minimum Gasteiger partial charge on any atom is -0.298 e. The molecule has 2 rings (SSSR count). The number of carbonyl (C=O) groups excluding carboxylic acids is 1. The van der Waals surface area contributed by atoms with Crippen LogP contribution < -0.4 is 0 Å². The van der Waals surface area contributed by atoms with Crippen molar-refractivity contribution in [1.29, 1.82) is 0 Å². The molecule has 0 unspecified atom stereocenters. The van der Waals surface area contributed by atoms with E-state index < -0.39 is 28.8 Å². The summed E-state index contributed by atoms with van der Waals surface area (Å²) in [7, 11) is 0. The van der Waals surface area contributed by atoms with Gasteiger partial charge in [-0.2, -0.15) is 0 Å². The molecular formula is C13H6F4O. The van der Waals surface area contributed by atoms with Crippen molar-refractivity contribution in [2.45, 2.75) is 0 Å². The van der Waals surface area contributed by atoms with Crippen molar-refractivity contribution < 1.29 is 22.4 Å². The molecule has 0 spiro atoms. The number of carbonyl (C=O) groups is 1. The lowest BCUT2D eigenvalue weighted by Gasteiger charge is -2.06. The van der Waals surface area contributed by atoms with E-state index in [0.29, 0.717) is 18.4 Å². The first-order valence-electron chi connectivity index (χ1n) is 4.92. The zero-order valence-corrected chi connectivity index (χ0v) is 8.88. The topological polar surface area (TPSA) is 17.1 Å². The second-order valence-corrected chi connectivity index (χ2v) is 3.60. The van der Waals surface area contributed by atoms with Crippen LogP contribution in [0.5, 0.6) is 0 Å². The molecule has 2 aromatic rings. The quantitative estimate of drug-likeness (QED) is 0.453. The van der Waals surface area contributed by atoms with Crippen LogP contribution in [-0.2, 0) is 0 Å². The van der Waals surface area contributed by atoms with Crippen molar-refractivity contribution in [2.24, 2.45) is 0 Å². The molecule has 0 heterocycles. The molecule has 0 N–H and O–H groups in total. The van der Waals surface area contributed by atoms with Gasteiger partial charge in [-0.1, -0.05) is 12.1 Å². The second kappa shape index (κ2) is 4.60. The van der Waals surface area contributed by atoms with Crippen molar-refractivity contribution in [3.05, 3.63) is 59.2 Å². The highest BCUT2D eigenvalue weighted by Crippen LogP contribution is 2.27. The molecule has 92 valence electrons. The molecule has 0 saturated carbocycles. The van der Waals surface area contributed by atoms with Crippen molar-refractivity contribution in [3.8, 4) is 11.1 Å². The van der Waals surface area contributed by atoms with E-state index in [1.165, 1.54) is 6.07 Å². The predicted molar refractivity (Wildman–Crippen MR) is 57.1 cm³/mol. The minimum absolute atomic E-state index is 0.0687. The van der Waals surface area contributed by atoms with E-state index in [2.05, 4.69) is 0 Å². The van der Waals surface area contributed by atoms with E-state index in [9.17, 15) is 22.4 Å². The van der Waals surface area contributed by atoms with Crippen LogP contribution in [0.1, 0.15) is 10.4 Å². The van der Waals surface area contributed by atoms with E-state index in [4.69, 9.17) is 0 Å². The molecule has 0 aliphatic heterocycles. The third-order valence-corrected chi connectivity index (χ3v) is 2.43. The summed E-state index contributed by atoms with van der Waals surface area (Å²) in [6, 6.07) is 4.20. The fourth-order valence-electron chi connectivity index (χ4n) is 1.55. The summed E-state index contributed by atoms with van der Waals surface area (Å²) in [5.74, 6) is -4.58. The zero-order valence-electron chi connectivity index (χ0n) is 8.88. The van der Waals surface area contributed by atoms with Gasteiger partial charge in [0.15, 0.2) is 11.6 Å². The SMILES string of the molecule is O=Cc1ccc(-c2cc(F)c(F)cc2F)c(F)c1. The number of aldehydes is 1. The Balaban J connectivity index is 2.62. The fraction of sp³-hybridized carbons (Fsp3) is 0. The van der Waals surface area contributed by atoms with Crippen LogP contribution in [0.4, 0.5) is 17.6 Å². The van der Waals surface area contributed by atoms with Gasteiger partial charge < -0.3 is 0 Å². The normalized spacial score (nSPS) is 10.4. The lowest BCUT2D eigenvalue weighted by molar-refractivity contribution is 0.112. The van der Waals surface area contributed by atoms with Crippen LogP contribution >= 0.6 is 0 Å². The summed E-state index contributed by atoms with van der Waals surface area (Å²) in [5.41, 5.74) is -0.569. The van der Waals surface area contributed by atoms with Crippen molar-refractivity contribution >= 4 is 6.29 Å². The predicted octanol–water partition coefficient (Wildman–Crippen LogP) is 3.72. The maximum absolute atomic E-state index is 13.6. The molecule has 0 aromatic heterocycles. The van der Waals surface area contributed by atoms with Crippen LogP contribution in [-0.4, -0.2) is 6.29 Å². The highest BCUT2D eigenvalue weighted by Gasteiger charge is 2.14. The number of rotatable bonds is 2. The highest BCUT2D eigenvalue weighted by atomic mass is 19.2. The monoisotopic (exact) mass is 254 g/mol. The molecule has 0 amide bonds. The zero-order chi connectivity index (χ0) is 13.3. The summed E-state index contributed by atoms with van der Waals surface area (Å²) >= 11 is 0. The number of hydrogen-bond donors (Lipinski definition) is 0. The number of benzene rings is 2. The van der Waals surface area contributed by atoms with Gasteiger partial charge in [-0.05, 0) is 12.1 Å². The van der Waals surface area contributed by atoms with Crippen LogP contribution in [0, 0.1) is 23.3 Å². The summed E-state index contributed by atoms with van der Waals surface area (Å²) in [5, 5.41) is 0. The third kappa shape index (κ3) is 2.11. The van der Waals surface area contributed by atoms with E-state index in [1.54, 1.807) is 0 Å². The molecule has 18 heavy (non-hydrogen) atoms. The minimum atomic E-state index is -1.35. The third-order valence-electron chi connectivity index (χ3n) is 2.43. The second-order valence-electron chi connectivity index (χ2n) is 3.60. The summed E-state index contributed by atoms with van der Waals surface area (Å²) in [4.78, 5) is 10.4. The molecule has 0 fully saturated rings. The maximum Gasteiger partial charge on any atom is 0.161 e. The van der Waals surface area contributed by atoms with Gasteiger partial charge in [0, 0.05) is 22.8 Å². The maximum atomic E-state index is 13.6. The van der Waals surface area contributed by atoms with Crippen LogP contribution in [0.3, 0.4) is 0 Å². The summed E-state index contributed by atoms with van der Waals surface area (Å²) in [6.07, 6.45) is 0.425. The standard InChI is InChI=1S/C13H6F4O/c14-10-3-7(6-18)1-2-8(10)9-4-12(16)13(17)5-11(9)15/h1-6H. The Kier molecular flexibility index (Phi) is 3.14. The smallest absolute Gasteiger partial charge is 0.161 e. The van der Waals surface area contributed by atoms with Crippen LogP contribution in [0.15, 0.2) is 30.3 Å². The van der Waals surface area contributed by atoms with Gasteiger partial charge in [-0.25, -0.2) is 17.6 Å². The van der Waals surface area contributed by atoms with Crippen LogP contribution in [0.2, 0.25) is 0 Å². The number of hydrogen-bond acceptors (Lipinski definition) is 1. The van der Waals surface area contributed by atoms with Gasteiger partial charge >= 0.3 is 0 Å². The Morgan fingerprint density at radius 3 is 1.94 bits per heavy atom. The van der Waals surface area contributed by atoms with Crippen molar-refractivity contribution in [3.63, 3.8) is 0 Å². The van der Waals surface area contributed by atoms with Gasteiger partial charge in [-0.3, -0.25) is 4.79 Å². The lowest BCUT2D eigenvalue weighted by atomic mass is 10.0. The fourth-order valence-corrected chi connectivity index (χ4v) is 1.55. The first-order chi connectivity index (χ1) is 8.52. The Hall–Kier alpha value is -2.17. The van der Waals surface area contributed by atoms with E-state index in [0.717, 1.165) is 12.1 Å². The first kappa shape index (κ1) is 12.3. The molecule has 5 heteroatoms. The number of halogens is 4. The molecule has 0 aliphatic rings. The van der Waals surface area contributed by atoms with Crippen molar-refractivity contribution in [2.75, 3.05) is 0 Å². The highest BCUT2D eigenvalue weighted by molar-refractivity contribution is 5.77. The van der Waals surface area contributed by atoms with E-state index in [-0.39, 0.29) is 11.1 Å². The lowest BCUT2D eigenvalue weighted by Crippen LogP contribution is -1.94. The molecule has 0 radical (unpaired) electrons. The van der Waals surface area contributed by atoms with Gasteiger partial charge in [0.05, 0.1) is 0 Å². The molecule has 0 aliphatic carbocycles. The van der Waals surface area contributed by atoms with Gasteiger partial charge in [0.25, 0.3) is 0 Å². The largest absolute Gasteiger partial charge is 0.298 e. The Bertz CT molecular complexity index is 623. The van der Waals surface area contributed by atoms with Gasteiger partial charge in [0.1, 0.15) is 17.9 Å². The molecule has 1 nitrogen and oxygen atoms in total. The Labute approximate surface area is 99.7 Å². The molecular weight excluding hydrogens is 248 g/mol. The average Bonchev–Trinajstić information content (AvgIpc) is 2.34. The van der Waals surface area contributed by atoms with Gasteiger partial charge in [-0.15, -0.1) is 0 Å². The Morgan fingerprint density at radius 1 is 0.722 bits per heavy atom. The molecule has 0 atom stereocenters. The van der Waals surface area contributed by atoms with Gasteiger partial charge in [0.2, 0.25) is 0 Å². The molecule has 0 saturated heterocycles. The molecule has 2 aromatic carbocycles. The van der Waals surface area contributed by atoms with Crippen LogP contribution in [0.25, 0.3) is 11.1 Å². The van der Waals surface area contributed by atoms with E-state index in [1.807, 2.05) is 0 Å². The average molecular weight is 254 g/mol. The first-order valence-corrected chi connectivity index (χ1v) is 4.92. The van der Waals surface area contributed by atoms with Crippen molar-refractivity contribution in [1.82, 2.24) is 0 Å². The molecule has 0 bridgehead atoms. The summed E-state index contributed by atoms with van der Waals surface area (Å²) < 4.78 is 52.8. The summed E-state index contributed by atoms with van der Waals surface area (Å²) in [6.45, 7) is 0.